The number of nitrogen functional groups attached to an aromatic ring is 1. The number of H-pyrrole nitrogens is 1. The van der Waals surface area contributed by atoms with Gasteiger partial charge in [0.05, 0.1) is 29.1 Å². The second-order valence-electron chi connectivity index (χ2n) is 7.20. The molecule has 0 aliphatic carbocycles. The Kier molecular flexibility index (Phi) is 6.22. The van der Waals surface area contributed by atoms with E-state index in [2.05, 4.69) is 4.98 Å². The number of amidine groups is 2. The van der Waals surface area contributed by atoms with E-state index in [1.807, 2.05) is 0 Å². The molecular weight excluding hydrogens is 453 g/mol. The van der Waals surface area contributed by atoms with Crippen molar-refractivity contribution in [2.24, 2.45) is 0 Å². The highest BCUT2D eigenvalue weighted by Gasteiger charge is 2.41. The number of piperazine rings is 1. The molecule has 1 aliphatic rings. The molecule has 0 atom stereocenters. The highest BCUT2D eigenvalue weighted by atomic mass is 19.4. The van der Waals surface area contributed by atoms with E-state index >= 15 is 0 Å². The molecule has 0 radical (unpaired) electrons. The number of benzene rings is 1. The lowest BCUT2D eigenvalue weighted by molar-refractivity contribution is -0.0676. The third kappa shape index (κ3) is 4.55. The van der Waals surface area contributed by atoms with Gasteiger partial charge in [0.2, 0.25) is 11.3 Å². The standard InChI is InChI=1S/C19H18F5N7O2/c20-8-2-1-3-9(21)12(8)14-16(33)15(32)13(17(27)29-14)10(25)6-30-4-5-31(11(26)7-30)18(28)19(22,23)24/h1-3,25-26,28,33H,4-7H2,(H3,27,29,32). The summed E-state index contributed by atoms with van der Waals surface area (Å²) in [6, 6.07) is 2.91. The average molecular weight is 471 g/mol. The summed E-state index contributed by atoms with van der Waals surface area (Å²) in [5, 5.41) is 33.4. The Labute approximate surface area is 182 Å². The Hall–Kier alpha value is -3.81. The van der Waals surface area contributed by atoms with Crippen LogP contribution >= 0.6 is 0 Å². The molecule has 176 valence electrons. The lowest BCUT2D eigenvalue weighted by Gasteiger charge is -2.36. The van der Waals surface area contributed by atoms with E-state index in [-0.39, 0.29) is 26.2 Å². The van der Waals surface area contributed by atoms with Crippen LogP contribution in [-0.4, -0.2) is 69.6 Å². The number of rotatable bonds is 4. The van der Waals surface area contributed by atoms with Crippen molar-refractivity contribution in [1.29, 1.82) is 16.2 Å². The summed E-state index contributed by atoms with van der Waals surface area (Å²) in [6.45, 7) is -1.07. The van der Waals surface area contributed by atoms with Crippen molar-refractivity contribution in [3.05, 3.63) is 45.6 Å². The molecule has 9 nitrogen and oxygen atoms in total. The van der Waals surface area contributed by atoms with Gasteiger partial charge in [0.1, 0.15) is 23.3 Å². The van der Waals surface area contributed by atoms with Crippen molar-refractivity contribution in [3.63, 3.8) is 0 Å². The molecular formula is C19H18F5N7O2. The molecule has 0 unspecified atom stereocenters. The second-order valence-corrected chi connectivity index (χ2v) is 7.20. The van der Waals surface area contributed by atoms with E-state index < -0.39 is 69.0 Å². The summed E-state index contributed by atoms with van der Waals surface area (Å²) >= 11 is 0. The molecule has 7 N–H and O–H groups in total. The van der Waals surface area contributed by atoms with Crippen LogP contribution in [0.15, 0.2) is 23.0 Å². The monoisotopic (exact) mass is 471 g/mol. The summed E-state index contributed by atoms with van der Waals surface area (Å²) in [7, 11) is 0. The summed E-state index contributed by atoms with van der Waals surface area (Å²) < 4.78 is 66.4. The first kappa shape index (κ1) is 23.8. The van der Waals surface area contributed by atoms with Gasteiger partial charge in [0.15, 0.2) is 5.75 Å². The largest absolute Gasteiger partial charge is 0.503 e. The highest BCUT2D eigenvalue weighted by molar-refractivity contribution is 6.05. The van der Waals surface area contributed by atoms with Crippen molar-refractivity contribution >= 4 is 23.2 Å². The Balaban J connectivity index is 1.83. The van der Waals surface area contributed by atoms with E-state index in [1.165, 1.54) is 4.90 Å². The normalized spacial score (nSPS) is 15.1. The Morgan fingerprint density at radius 3 is 2.33 bits per heavy atom. The Morgan fingerprint density at radius 1 is 1.18 bits per heavy atom. The van der Waals surface area contributed by atoms with Gasteiger partial charge < -0.3 is 26.1 Å². The van der Waals surface area contributed by atoms with Crippen molar-refractivity contribution in [2.75, 3.05) is 31.9 Å². The van der Waals surface area contributed by atoms with Gasteiger partial charge in [0.25, 0.3) is 0 Å². The molecule has 1 aliphatic heterocycles. The van der Waals surface area contributed by atoms with E-state index in [9.17, 15) is 31.9 Å². The molecule has 0 amide bonds. The molecule has 0 saturated carbocycles. The number of anilines is 1. The summed E-state index contributed by atoms with van der Waals surface area (Å²) in [6.07, 6.45) is -4.92. The van der Waals surface area contributed by atoms with Gasteiger partial charge >= 0.3 is 6.18 Å². The van der Waals surface area contributed by atoms with E-state index in [0.717, 1.165) is 18.2 Å². The zero-order chi connectivity index (χ0) is 24.7. The van der Waals surface area contributed by atoms with Crippen LogP contribution in [0, 0.1) is 27.9 Å². The number of aromatic nitrogens is 1. The molecule has 0 bridgehead atoms. The van der Waals surface area contributed by atoms with Crippen LogP contribution in [0.1, 0.15) is 5.56 Å². The third-order valence-corrected chi connectivity index (χ3v) is 4.98. The Bertz CT molecular complexity index is 1190. The smallest absolute Gasteiger partial charge is 0.449 e. The van der Waals surface area contributed by atoms with Gasteiger partial charge in [-0.1, -0.05) is 6.07 Å². The number of halogens is 5. The minimum Gasteiger partial charge on any atom is -0.503 e. The number of hydrogen-bond acceptors (Lipinski definition) is 7. The van der Waals surface area contributed by atoms with E-state index in [1.54, 1.807) is 0 Å². The van der Waals surface area contributed by atoms with Crippen LogP contribution in [-0.2, 0) is 0 Å². The van der Waals surface area contributed by atoms with Crippen molar-refractivity contribution in [3.8, 4) is 17.0 Å². The van der Waals surface area contributed by atoms with Crippen molar-refractivity contribution < 1.29 is 27.1 Å². The van der Waals surface area contributed by atoms with E-state index in [4.69, 9.17) is 22.0 Å². The number of aromatic amines is 1. The van der Waals surface area contributed by atoms with Crippen LogP contribution in [0.2, 0.25) is 0 Å². The summed E-state index contributed by atoms with van der Waals surface area (Å²) in [5.74, 6) is -5.85. The first-order valence-electron chi connectivity index (χ1n) is 9.32. The maximum absolute atomic E-state index is 14.1. The Morgan fingerprint density at radius 2 is 1.79 bits per heavy atom. The van der Waals surface area contributed by atoms with Crippen LogP contribution in [0.3, 0.4) is 0 Å². The van der Waals surface area contributed by atoms with E-state index in [0.29, 0.717) is 4.90 Å². The number of hydrogen-bond donors (Lipinski definition) is 6. The SMILES string of the molecule is N=C(CN1CCN(C(=N)C(F)(F)F)C(=N)C1)c1c(N)[nH]c(-c2c(F)cccc2F)c(O)c1=O. The van der Waals surface area contributed by atoms with Gasteiger partial charge in [-0.2, -0.15) is 13.2 Å². The molecule has 2 heterocycles. The highest BCUT2D eigenvalue weighted by Crippen LogP contribution is 2.31. The van der Waals surface area contributed by atoms with Crippen molar-refractivity contribution in [2.45, 2.75) is 6.18 Å². The average Bonchev–Trinajstić information content (AvgIpc) is 2.70. The lowest BCUT2D eigenvalue weighted by atomic mass is 10.0. The number of aromatic hydroxyl groups is 1. The molecule has 33 heavy (non-hydrogen) atoms. The maximum Gasteiger partial charge on any atom is 0.449 e. The predicted molar refractivity (Wildman–Crippen MR) is 110 cm³/mol. The fourth-order valence-corrected chi connectivity index (χ4v) is 3.42. The minimum atomic E-state index is -4.92. The maximum atomic E-state index is 14.1. The topological polar surface area (TPSA) is 157 Å². The lowest BCUT2D eigenvalue weighted by Crippen LogP contribution is -2.56. The molecule has 1 saturated heterocycles. The second kappa shape index (κ2) is 8.61. The molecule has 1 aromatic heterocycles. The van der Waals surface area contributed by atoms with Gasteiger partial charge in [0, 0.05) is 19.6 Å². The van der Waals surface area contributed by atoms with Crippen LogP contribution < -0.4 is 11.2 Å². The zero-order valence-corrected chi connectivity index (χ0v) is 16.8. The molecule has 1 fully saturated rings. The van der Waals surface area contributed by atoms with Crippen molar-refractivity contribution in [1.82, 2.24) is 14.8 Å². The van der Waals surface area contributed by atoms with Crippen LogP contribution in [0.4, 0.5) is 27.8 Å². The van der Waals surface area contributed by atoms with Gasteiger partial charge in [-0.3, -0.25) is 20.5 Å². The molecule has 2 aromatic rings. The molecule has 0 spiro atoms. The van der Waals surface area contributed by atoms with Gasteiger partial charge in [-0.25, -0.2) is 8.78 Å². The number of nitrogens with two attached hydrogens (primary N) is 1. The van der Waals surface area contributed by atoms with Crippen LogP contribution in [0.25, 0.3) is 11.3 Å². The van der Waals surface area contributed by atoms with Gasteiger partial charge in [-0.05, 0) is 12.1 Å². The number of alkyl halides is 3. The molecule has 3 rings (SSSR count). The number of nitrogens with one attached hydrogen (secondary N) is 4. The first-order chi connectivity index (χ1) is 15.3. The van der Waals surface area contributed by atoms with Crippen LogP contribution in [0.5, 0.6) is 5.75 Å². The minimum absolute atomic E-state index is 0.0640. The predicted octanol–water partition coefficient (Wildman–Crippen LogP) is 2.11. The molecule has 14 heteroatoms. The zero-order valence-electron chi connectivity index (χ0n) is 16.8. The quantitative estimate of drug-likeness (QED) is 0.229. The fourth-order valence-electron chi connectivity index (χ4n) is 3.42. The summed E-state index contributed by atoms with van der Waals surface area (Å²) in [4.78, 5) is 16.9. The summed E-state index contributed by atoms with van der Waals surface area (Å²) in [5.41, 5.74) is 2.40. The first-order valence-corrected chi connectivity index (χ1v) is 9.32. The van der Waals surface area contributed by atoms with Gasteiger partial charge in [-0.15, -0.1) is 0 Å². The third-order valence-electron chi connectivity index (χ3n) is 4.98. The molecule has 1 aromatic carbocycles. The fraction of sp³-hybridized carbons (Fsp3) is 0.263. The number of pyridine rings is 1. The number of nitrogens with zero attached hydrogens (tertiary/aromatic N) is 2.